The Morgan fingerprint density at radius 2 is 2.00 bits per heavy atom. The van der Waals surface area contributed by atoms with Crippen molar-refractivity contribution in [3.8, 4) is 0 Å². The summed E-state index contributed by atoms with van der Waals surface area (Å²) >= 11 is 0. The van der Waals surface area contributed by atoms with Gasteiger partial charge in [0, 0.05) is 6.42 Å². The van der Waals surface area contributed by atoms with E-state index in [0.29, 0.717) is 12.2 Å². The zero-order valence-electron chi connectivity index (χ0n) is 9.48. The summed E-state index contributed by atoms with van der Waals surface area (Å²) in [6.45, 7) is 0.0254. The number of rotatable bonds is 3. The molecule has 0 aliphatic heterocycles. The standard InChI is InChI=1S/C11H19N3O2/c15-8-7-10-12-11(16)14(13-10)9-5-3-1-2-4-6-9/h9,15H,1-8H2,(H,12,13,16). The van der Waals surface area contributed by atoms with E-state index in [2.05, 4.69) is 10.1 Å². The molecule has 0 saturated heterocycles. The number of aliphatic hydroxyl groups is 1. The molecular weight excluding hydrogens is 206 g/mol. The summed E-state index contributed by atoms with van der Waals surface area (Å²) in [5.41, 5.74) is -0.129. The minimum absolute atomic E-state index is 0.0254. The van der Waals surface area contributed by atoms with Crippen LogP contribution in [0.5, 0.6) is 0 Å². The first kappa shape index (κ1) is 11.4. The molecule has 2 N–H and O–H groups in total. The van der Waals surface area contributed by atoms with Gasteiger partial charge in [0.1, 0.15) is 5.82 Å². The molecule has 1 aliphatic rings. The van der Waals surface area contributed by atoms with Crippen molar-refractivity contribution in [2.45, 2.75) is 51.0 Å². The summed E-state index contributed by atoms with van der Waals surface area (Å²) in [7, 11) is 0. The number of H-pyrrole nitrogens is 1. The van der Waals surface area contributed by atoms with E-state index >= 15 is 0 Å². The van der Waals surface area contributed by atoms with Crippen molar-refractivity contribution < 1.29 is 5.11 Å². The van der Waals surface area contributed by atoms with Crippen molar-refractivity contribution in [1.29, 1.82) is 0 Å². The molecule has 0 radical (unpaired) electrons. The number of hydrogen-bond acceptors (Lipinski definition) is 3. The van der Waals surface area contributed by atoms with Gasteiger partial charge in [-0.2, -0.15) is 5.10 Å². The molecule has 1 aromatic rings. The number of nitrogens with zero attached hydrogens (tertiary/aromatic N) is 2. The molecule has 1 saturated carbocycles. The lowest BCUT2D eigenvalue weighted by atomic mass is 10.1. The third-order valence-electron chi connectivity index (χ3n) is 3.21. The average molecular weight is 225 g/mol. The molecule has 0 atom stereocenters. The van der Waals surface area contributed by atoms with Gasteiger partial charge >= 0.3 is 5.69 Å². The van der Waals surface area contributed by atoms with Crippen LogP contribution in [0.25, 0.3) is 0 Å². The second-order valence-electron chi connectivity index (χ2n) is 4.44. The normalized spacial score (nSPS) is 18.6. The highest BCUT2D eigenvalue weighted by Gasteiger charge is 2.17. The van der Waals surface area contributed by atoms with E-state index in [4.69, 9.17) is 5.11 Å². The van der Waals surface area contributed by atoms with Crippen molar-refractivity contribution in [3.63, 3.8) is 0 Å². The van der Waals surface area contributed by atoms with Crippen LogP contribution in [0.2, 0.25) is 0 Å². The molecule has 5 heteroatoms. The molecule has 90 valence electrons. The van der Waals surface area contributed by atoms with Crippen LogP contribution in [0.4, 0.5) is 0 Å². The van der Waals surface area contributed by atoms with Crippen molar-refractivity contribution in [2.75, 3.05) is 6.61 Å². The van der Waals surface area contributed by atoms with E-state index < -0.39 is 0 Å². The Morgan fingerprint density at radius 3 is 2.62 bits per heavy atom. The summed E-state index contributed by atoms with van der Waals surface area (Å²) in [6, 6.07) is 0.249. The van der Waals surface area contributed by atoms with Gasteiger partial charge in [-0.25, -0.2) is 9.48 Å². The summed E-state index contributed by atoms with van der Waals surface area (Å²) in [6.07, 6.45) is 7.40. The van der Waals surface area contributed by atoms with Crippen LogP contribution in [-0.2, 0) is 6.42 Å². The van der Waals surface area contributed by atoms with Gasteiger partial charge in [0.05, 0.1) is 12.6 Å². The highest BCUT2D eigenvalue weighted by molar-refractivity contribution is 4.85. The average Bonchev–Trinajstić information content (AvgIpc) is 2.52. The molecule has 0 bridgehead atoms. The van der Waals surface area contributed by atoms with Gasteiger partial charge in [-0.1, -0.05) is 25.7 Å². The van der Waals surface area contributed by atoms with Crippen molar-refractivity contribution in [3.05, 3.63) is 16.3 Å². The predicted octanol–water partition coefficient (Wildman–Crippen LogP) is 1.00. The molecular formula is C11H19N3O2. The van der Waals surface area contributed by atoms with Gasteiger partial charge in [0.2, 0.25) is 0 Å². The first-order chi connectivity index (χ1) is 7.81. The zero-order chi connectivity index (χ0) is 11.4. The monoisotopic (exact) mass is 225 g/mol. The van der Waals surface area contributed by atoms with Crippen molar-refractivity contribution in [1.82, 2.24) is 14.8 Å². The molecule has 0 amide bonds. The second kappa shape index (κ2) is 5.30. The molecule has 0 unspecified atom stereocenters. The Kier molecular flexibility index (Phi) is 3.77. The third kappa shape index (κ3) is 2.52. The lowest BCUT2D eigenvalue weighted by Gasteiger charge is -2.12. The fourth-order valence-electron chi connectivity index (χ4n) is 2.35. The summed E-state index contributed by atoms with van der Waals surface area (Å²) < 4.78 is 1.58. The largest absolute Gasteiger partial charge is 0.396 e. The second-order valence-corrected chi connectivity index (χ2v) is 4.44. The molecule has 16 heavy (non-hydrogen) atoms. The van der Waals surface area contributed by atoms with Crippen LogP contribution >= 0.6 is 0 Å². The third-order valence-corrected chi connectivity index (χ3v) is 3.21. The van der Waals surface area contributed by atoms with Crippen molar-refractivity contribution in [2.24, 2.45) is 0 Å². The highest BCUT2D eigenvalue weighted by Crippen LogP contribution is 2.25. The summed E-state index contributed by atoms with van der Waals surface area (Å²) in [4.78, 5) is 14.4. The van der Waals surface area contributed by atoms with Gasteiger partial charge in [0.15, 0.2) is 0 Å². The van der Waals surface area contributed by atoms with Gasteiger partial charge in [-0.3, -0.25) is 4.98 Å². The van der Waals surface area contributed by atoms with Gasteiger partial charge < -0.3 is 5.11 Å². The van der Waals surface area contributed by atoms with Gasteiger partial charge in [0.25, 0.3) is 0 Å². The molecule has 0 spiro atoms. The Morgan fingerprint density at radius 1 is 1.31 bits per heavy atom. The van der Waals surface area contributed by atoms with Crippen LogP contribution < -0.4 is 5.69 Å². The minimum atomic E-state index is -0.129. The highest BCUT2D eigenvalue weighted by atomic mass is 16.3. The smallest absolute Gasteiger partial charge is 0.343 e. The first-order valence-electron chi connectivity index (χ1n) is 6.10. The Labute approximate surface area is 94.5 Å². The number of aromatic nitrogens is 3. The van der Waals surface area contributed by atoms with E-state index in [1.807, 2.05) is 0 Å². The zero-order valence-corrected chi connectivity index (χ0v) is 9.48. The fourth-order valence-corrected chi connectivity index (χ4v) is 2.35. The minimum Gasteiger partial charge on any atom is -0.396 e. The quantitative estimate of drug-likeness (QED) is 0.754. The molecule has 0 aromatic carbocycles. The molecule has 2 rings (SSSR count). The lowest BCUT2D eigenvalue weighted by molar-refractivity contribution is 0.295. The molecule has 1 aliphatic carbocycles. The number of aromatic amines is 1. The number of aliphatic hydroxyl groups excluding tert-OH is 1. The summed E-state index contributed by atoms with van der Waals surface area (Å²) in [5.74, 6) is 0.594. The lowest BCUT2D eigenvalue weighted by Crippen LogP contribution is -2.23. The van der Waals surface area contributed by atoms with E-state index in [0.717, 1.165) is 12.8 Å². The fraction of sp³-hybridized carbons (Fsp3) is 0.818. The predicted molar refractivity (Wildman–Crippen MR) is 60.4 cm³/mol. The topological polar surface area (TPSA) is 70.9 Å². The molecule has 1 fully saturated rings. The maximum Gasteiger partial charge on any atom is 0.343 e. The van der Waals surface area contributed by atoms with E-state index in [1.54, 1.807) is 4.68 Å². The van der Waals surface area contributed by atoms with Crippen LogP contribution in [-0.4, -0.2) is 26.5 Å². The van der Waals surface area contributed by atoms with Crippen LogP contribution in [0.15, 0.2) is 4.79 Å². The van der Waals surface area contributed by atoms with Gasteiger partial charge in [-0.05, 0) is 12.8 Å². The Balaban J connectivity index is 2.14. The van der Waals surface area contributed by atoms with Crippen molar-refractivity contribution >= 4 is 0 Å². The first-order valence-corrected chi connectivity index (χ1v) is 6.10. The van der Waals surface area contributed by atoms with E-state index in [9.17, 15) is 4.79 Å². The number of hydrogen-bond donors (Lipinski definition) is 2. The van der Waals surface area contributed by atoms with Gasteiger partial charge in [-0.15, -0.1) is 0 Å². The maximum absolute atomic E-state index is 11.7. The molecule has 1 aromatic heterocycles. The summed E-state index contributed by atoms with van der Waals surface area (Å²) in [5, 5.41) is 13.1. The Hall–Kier alpha value is -1.10. The Bertz CT molecular complexity index is 375. The van der Waals surface area contributed by atoms with Crippen LogP contribution in [0.3, 0.4) is 0 Å². The molecule has 1 heterocycles. The maximum atomic E-state index is 11.7. The van der Waals surface area contributed by atoms with Crippen LogP contribution in [0, 0.1) is 0 Å². The van der Waals surface area contributed by atoms with E-state index in [-0.39, 0.29) is 18.3 Å². The number of nitrogens with one attached hydrogen (secondary N) is 1. The molecule has 5 nitrogen and oxygen atoms in total. The van der Waals surface area contributed by atoms with E-state index in [1.165, 1.54) is 25.7 Å². The van der Waals surface area contributed by atoms with Crippen LogP contribution in [0.1, 0.15) is 50.4 Å². The SMILES string of the molecule is O=c1[nH]c(CCO)nn1C1CCCCCC1.